The van der Waals surface area contributed by atoms with Crippen LogP contribution in [0.2, 0.25) is 0 Å². The predicted octanol–water partition coefficient (Wildman–Crippen LogP) is 2.80. The first-order chi connectivity index (χ1) is 11.2. The Morgan fingerprint density at radius 2 is 1.87 bits per heavy atom. The molecule has 120 valence electrons. The second-order valence-electron chi connectivity index (χ2n) is 5.36. The highest BCUT2D eigenvalue weighted by Crippen LogP contribution is 2.27. The number of benzene rings is 2. The van der Waals surface area contributed by atoms with Crippen LogP contribution in [0.25, 0.3) is 0 Å². The summed E-state index contributed by atoms with van der Waals surface area (Å²) in [5.74, 6) is -0.389. The molecule has 1 fully saturated rings. The molecule has 5 nitrogen and oxygen atoms in total. The molecule has 23 heavy (non-hydrogen) atoms. The number of rotatable bonds is 5. The van der Waals surface area contributed by atoms with E-state index in [1.54, 1.807) is 6.07 Å². The first-order valence-electron chi connectivity index (χ1n) is 7.61. The van der Waals surface area contributed by atoms with Crippen LogP contribution in [-0.4, -0.2) is 37.4 Å². The van der Waals surface area contributed by atoms with Gasteiger partial charge in [-0.05, 0) is 23.8 Å². The third kappa shape index (κ3) is 3.81. The molecular formula is C18H19NO4. The van der Waals surface area contributed by atoms with Crippen molar-refractivity contribution in [1.29, 1.82) is 0 Å². The van der Waals surface area contributed by atoms with Gasteiger partial charge >= 0.3 is 5.97 Å². The van der Waals surface area contributed by atoms with Gasteiger partial charge in [-0.3, -0.25) is 0 Å². The molecule has 1 aliphatic rings. The first kappa shape index (κ1) is 15.4. The van der Waals surface area contributed by atoms with E-state index in [-0.39, 0.29) is 5.56 Å². The molecule has 0 aliphatic carbocycles. The molecule has 5 heteroatoms. The van der Waals surface area contributed by atoms with Gasteiger partial charge in [-0.2, -0.15) is 0 Å². The largest absolute Gasteiger partial charge is 0.489 e. The van der Waals surface area contributed by atoms with Gasteiger partial charge < -0.3 is 19.5 Å². The predicted molar refractivity (Wildman–Crippen MR) is 87.2 cm³/mol. The van der Waals surface area contributed by atoms with Crippen LogP contribution in [-0.2, 0) is 11.3 Å². The molecule has 0 radical (unpaired) electrons. The Labute approximate surface area is 135 Å². The maximum atomic E-state index is 11.6. The summed E-state index contributed by atoms with van der Waals surface area (Å²) in [5.41, 5.74) is 2.02. The minimum Gasteiger partial charge on any atom is -0.489 e. The lowest BCUT2D eigenvalue weighted by Gasteiger charge is -2.30. The monoisotopic (exact) mass is 313 g/mol. The molecule has 3 rings (SSSR count). The molecule has 0 saturated carbocycles. The molecule has 2 aromatic rings. The summed E-state index contributed by atoms with van der Waals surface area (Å²) < 4.78 is 11.0. The Morgan fingerprint density at radius 3 is 2.57 bits per heavy atom. The van der Waals surface area contributed by atoms with E-state index in [2.05, 4.69) is 0 Å². The summed E-state index contributed by atoms with van der Waals surface area (Å²) in [6, 6.07) is 15.0. The van der Waals surface area contributed by atoms with Crippen molar-refractivity contribution in [2.75, 3.05) is 31.2 Å². The van der Waals surface area contributed by atoms with Crippen molar-refractivity contribution in [3.8, 4) is 5.75 Å². The quantitative estimate of drug-likeness (QED) is 0.920. The minimum absolute atomic E-state index is 0.262. The lowest BCUT2D eigenvalue weighted by Crippen LogP contribution is -2.37. The molecule has 0 spiro atoms. The minimum atomic E-state index is -0.948. The number of carbonyl (C=O) groups is 1. The highest BCUT2D eigenvalue weighted by Gasteiger charge is 2.19. The third-order valence-corrected chi connectivity index (χ3v) is 3.80. The van der Waals surface area contributed by atoms with Crippen molar-refractivity contribution in [2.45, 2.75) is 6.61 Å². The van der Waals surface area contributed by atoms with E-state index in [0.29, 0.717) is 44.3 Å². The van der Waals surface area contributed by atoms with Gasteiger partial charge in [0.2, 0.25) is 0 Å². The number of aromatic carboxylic acids is 1. The molecule has 0 aromatic heterocycles. The van der Waals surface area contributed by atoms with E-state index < -0.39 is 5.97 Å². The molecule has 1 N–H and O–H groups in total. The van der Waals surface area contributed by atoms with Crippen molar-refractivity contribution >= 4 is 11.7 Å². The van der Waals surface area contributed by atoms with Gasteiger partial charge in [0, 0.05) is 13.1 Å². The molecule has 1 heterocycles. The number of carboxylic acids is 1. The lowest BCUT2D eigenvalue weighted by molar-refractivity contribution is 0.0695. The Morgan fingerprint density at radius 1 is 1.13 bits per heavy atom. The second-order valence-corrected chi connectivity index (χ2v) is 5.36. The molecule has 0 bridgehead atoms. The van der Waals surface area contributed by atoms with Crippen LogP contribution in [0.4, 0.5) is 5.69 Å². The van der Waals surface area contributed by atoms with Crippen LogP contribution >= 0.6 is 0 Å². The highest BCUT2D eigenvalue weighted by atomic mass is 16.5. The van der Waals surface area contributed by atoms with E-state index >= 15 is 0 Å². The highest BCUT2D eigenvalue weighted by molar-refractivity contribution is 5.95. The van der Waals surface area contributed by atoms with Crippen LogP contribution in [0.3, 0.4) is 0 Å². The summed E-state index contributed by atoms with van der Waals surface area (Å²) in [5, 5.41) is 9.49. The smallest absolute Gasteiger partial charge is 0.337 e. The van der Waals surface area contributed by atoms with Crippen LogP contribution in [0, 0.1) is 0 Å². The van der Waals surface area contributed by atoms with Crippen molar-refractivity contribution in [2.24, 2.45) is 0 Å². The summed E-state index contributed by atoms with van der Waals surface area (Å²) in [6.45, 7) is 3.04. The summed E-state index contributed by atoms with van der Waals surface area (Å²) in [4.78, 5) is 13.6. The third-order valence-electron chi connectivity index (χ3n) is 3.80. The average molecular weight is 313 g/mol. The van der Waals surface area contributed by atoms with E-state index in [4.69, 9.17) is 9.47 Å². The van der Waals surface area contributed by atoms with Gasteiger partial charge in [-0.15, -0.1) is 0 Å². The van der Waals surface area contributed by atoms with Crippen molar-refractivity contribution < 1.29 is 19.4 Å². The maximum absolute atomic E-state index is 11.6. The fourth-order valence-corrected chi connectivity index (χ4v) is 2.60. The van der Waals surface area contributed by atoms with E-state index in [1.807, 2.05) is 47.4 Å². The number of ether oxygens (including phenoxy) is 2. The topological polar surface area (TPSA) is 59.0 Å². The van der Waals surface area contributed by atoms with E-state index in [1.165, 1.54) is 0 Å². The van der Waals surface area contributed by atoms with Crippen molar-refractivity contribution in [1.82, 2.24) is 0 Å². The standard InChI is InChI=1S/C18H19NO4/c20-18(21)16-12-15(23-13-14-4-2-1-3-5-14)6-7-17(16)19-8-10-22-11-9-19/h1-7,12H,8-11,13H2,(H,20,21). The van der Waals surface area contributed by atoms with Gasteiger partial charge in [0.1, 0.15) is 12.4 Å². The van der Waals surface area contributed by atoms with Crippen LogP contribution < -0.4 is 9.64 Å². The van der Waals surface area contributed by atoms with Gasteiger partial charge in [0.05, 0.1) is 24.5 Å². The number of morpholine rings is 1. The Hall–Kier alpha value is -2.53. The Bertz CT molecular complexity index is 666. The number of hydrogen-bond donors (Lipinski definition) is 1. The lowest BCUT2D eigenvalue weighted by atomic mass is 10.1. The van der Waals surface area contributed by atoms with Crippen molar-refractivity contribution in [3.05, 3.63) is 59.7 Å². The fourth-order valence-electron chi connectivity index (χ4n) is 2.60. The maximum Gasteiger partial charge on any atom is 0.337 e. The molecule has 2 aromatic carbocycles. The van der Waals surface area contributed by atoms with E-state index in [0.717, 1.165) is 5.56 Å². The van der Waals surface area contributed by atoms with Crippen LogP contribution in [0.1, 0.15) is 15.9 Å². The Kier molecular flexibility index (Phi) is 4.78. The molecule has 0 amide bonds. The van der Waals surface area contributed by atoms with Crippen LogP contribution in [0.5, 0.6) is 5.75 Å². The summed E-state index contributed by atoms with van der Waals surface area (Å²) in [7, 11) is 0. The molecule has 1 aliphatic heterocycles. The number of carboxylic acid groups (broad SMARTS) is 1. The van der Waals surface area contributed by atoms with E-state index in [9.17, 15) is 9.90 Å². The van der Waals surface area contributed by atoms with Crippen LogP contribution in [0.15, 0.2) is 48.5 Å². The molecular weight excluding hydrogens is 294 g/mol. The van der Waals surface area contributed by atoms with Gasteiger partial charge in [0.15, 0.2) is 0 Å². The SMILES string of the molecule is O=C(O)c1cc(OCc2ccccc2)ccc1N1CCOCC1. The second kappa shape index (κ2) is 7.15. The first-order valence-corrected chi connectivity index (χ1v) is 7.61. The Balaban J connectivity index is 1.77. The zero-order chi connectivity index (χ0) is 16.1. The fraction of sp³-hybridized carbons (Fsp3) is 0.278. The average Bonchev–Trinajstić information content (AvgIpc) is 2.61. The zero-order valence-corrected chi connectivity index (χ0v) is 12.8. The molecule has 1 saturated heterocycles. The normalized spacial score (nSPS) is 14.5. The van der Waals surface area contributed by atoms with Gasteiger partial charge in [0.25, 0.3) is 0 Å². The van der Waals surface area contributed by atoms with Gasteiger partial charge in [-0.25, -0.2) is 4.79 Å². The molecule has 0 atom stereocenters. The number of anilines is 1. The summed E-state index contributed by atoms with van der Waals surface area (Å²) >= 11 is 0. The molecule has 0 unspecified atom stereocenters. The zero-order valence-electron chi connectivity index (χ0n) is 12.8. The number of nitrogens with zero attached hydrogens (tertiary/aromatic N) is 1. The van der Waals surface area contributed by atoms with Gasteiger partial charge in [-0.1, -0.05) is 30.3 Å². The summed E-state index contributed by atoms with van der Waals surface area (Å²) in [6.07, 6.45) is 0. The van der Waals surface area contributed by atoms with Crippen molar-refractivity contribution in [3.63, 3.8) is 0 Å². The number of hydrogen-bond acceptors (Lipinski definition) is 4.